The van der Waals surface area contributed by atoms with Gasteiger partial charge in [-0.3, -0.25) is 9.69 Å². The van der Waals surface area contributed by atoms with Gasteiger partial charge in [-0.15, -0.1) is 11.3 Å². The molecule has 2 aromatic heterocycles. The number of amides is 1. The van der Waals surface area contributed by atoms with E-state index < -0.39 is 0 Å². The molecule has 3 aromatic rings. The lowest BCUT2D eigenvalue weighted by molar-refractivity contribution is 0.0734. The van der Waals surface area contributed by atoms with E-state index in [1.807, 2.05) is 36.6 Å². The number of rotatable bonds is 7. The van der Waals surface area contributed by atoms with E-state index in [0.29, 0.717) is 30.4 Å². The maximum atomic E-state index is 12.9. The van der Waals surface area contributed by atoms with Gasteiger partial charge in [0, 0.05) is 18.7 Å². The fourth-order valence-corrected chi connectivity index (χ4v) is 4.10. The van der Waals surface area contributed by atoms with Crippen molar-refractivity contribution in [2.45, 2.75) is 32.9 Å². The molecule has 0 aliphatic carbocycles. The molecular weight excluding hydrogens is 372 g/mol. The first-order valence-corrected chi connectivity index (χ1v) is 10.6. The van der Waals surface area contributed by atoms with E-state index in [9.17, 15) is 4.79 Å². The summed E-state index contributed by atoms with van der Waals surface area (Å²) < 4.78 is 5.35. The van der Waals surface area contributed by atoms with Crippen LogP contribution in [0.2, 0.25) is 0 Å². The Morgan fingerprint density at radius 1 is 1.21 bits per heavy atom. The number of hydrogen-bond acceptors (Lipinski definition) is 6. The van der Waals surface area contributed by atoms with Crippen LogP contribution in [-0.2, 0) is 13.1 Å². The highest BCUT2D eigenvalue weighted by atomic mass is 32.1. The number of likely N-dealkylation sites (tertiary alicyclic amines) is 1. The fraction of sp³-hybridized carbons (Fsp3) is 0.381. The van der Waals surface area contributed by atoms with Gasteiger partial charge in [0.1, 0.15) is 6.54 Å². The van der Waals surface area contributed by atoms with Gasteiger partial charge in [0.15, 0.2) is 0 Å². The zero-order valence-corrected chi connectivity index (χ0v) is 16.8. The second kappa shape index (κ2) is 8.67. The van der Waals surface area contributed by atoms with Gasteiger partial charge in [0.05, 0.1) is 4.88 Å². The summed E-state index contributed by atoms with van der Waals surface area (Å²) in [4.78, 5) is 22.5. The van der Waals surface area contributed by atoms with Gasteiger partial charge in [-0.2, -0.15) is 4.98 Å². The number of thiophene rings is 1. The van der Waals surface area contributed by atoms with Gasteiger partial charge in [-0.25, -0.2) is 0 Å². The maximum absolute atomic E-state index is 12.9. The van der Waals surface area contributed by atoms with Crippen LogP contribution in [0.1, 0.15) is 41.6 Å². The van der Waals surface area contributed by atoms with Gasteiger partial charge in [0.25, 0.3) is 5.91 Å². The van der Waals surface area contributed by atoms with Gasteiger partial charge in [-0.05, 0) is 62.0 Å². The van der Waals surface area contributed by atoms with Crippen molar-refractivity contribution in [1.29, 1.82) is 0 Å². The summed E-state index contributed by atoms with van der Waals surface area (Å²) in [5, 5.41) is 5.99. The van der Waals surface area contributed by atoms with E-state index in [1.165, 1.54) is 31.5 Å². The lowest BCUT2D eigenvalue weighted by Crippen LogP contribution is -2.30. The zero-order chi connectivity index (χ0) is 19.3. The molecule has 1 aliphatic rings. The van der Waals surface area contributed by atoms with Gasteiger partial charge in [-0.1, -0.05) is 23.4 Å². The molecule has 3 heterocycles. The van der Waals surface area contributed by atoms with E-state index in [4.69, 9.17) is 4.52 Å². The second-order valence-corrected chi connectivity index (χ2v) is 7.94. The predicted octanol–water partition coefficient (Wildman–Crippen LogP) is 4.06. The third-order valence-corrected chi connectivity index (χ3v) is 5.88. The minimum absolute atomic E-state index is 0.0221. The van der Waals surface area contributed by atoms with Crippen LogP contribution >= 0.6 is 11.3 Å². The number of carbonyl (C=O) groups excluding carboxylic acids is 1. The fourth-order valence-electron chi connectivity index (χ4n) is 3.45. The second-order valence-electron chi connectivity index (χ2n) is 6.99. The van der Waals surface area contributed by atoms with Crippen LogP contribution in [0.15, 0.2) is 46.3 Å². The van der Waals surface area contributed by atoms with Gasteiger partial charge >= 0.3 is 0 Å². The molecular formula is C21H24N4O2S. The minimum Gasteiger partial charge on any atom is -0.337 e. The molecule has 0 bridgehead atoms. The monoisotopic (exact) mass is 396 g/mol. The number of benzene rings is 1. The van der Waals surface area contributed by atoms with E-state index in [0.717, 1.165) is 11.4 Å². The van der Waals surface area contributed by atoms with Crippen LogP contribution in [0, 0.1) is 0 Å². The third-order valence-electron chi connectivity index (χ3n) is 5.01. The summed E-state index contributed by atoms with van der Waals surface area (Å²) in [5.41, 5.74) is 1.93. The van der Waals surface area contributed by atoms with Crippen LogP contribution in [0.3, 0.4) is 0 Å². The molecule has 7 heteroatoms. The highest BCUT2D eigenvalue weighted by Gasteiger charge is 2.19. The zero-order valence-electron chi connectivity index (χ0n) is 16.0. The van der Waals surface area contributed by atoms with E-state index >= 15 is 0 Å². The molecule has 1 saturated heterocycles. The Bertz CT molecular complexity index is 899. The molecule has 1 aromatic carbocycles. The van der Waals surface area contributed by atoms with Crippen molar-refractivity contribution >= 4 is 17.2 Å². The number of carbonyl (C=O) groups is 1. The summed E-state index contributed by atoms with van der Waals surface area (Å²) >= 11 is 1.56. The summed E-state index contributed by atoms with van der Waals surface area (Å²) in [5.74, 6) is 0.995. The molecule has 1 fully saturated rings. The quantitative estimate of drug-likeness (QED) is 0.603. The summed E-state index contributed by atoms with van der Waals surface area (Å²) in [7, 11) is 0. The molecule has 6 nitrogen and oxygen atoms in total. The Hall–Kier alpha value is -2.51. The lowest BCUT2D eigenvalue weighted by Gasteiger charge is -2.19. The van der Waals surface area contributed by atoms with Crippen molar-refractivity contribution in [2.24, 2.45) is 0 Å². The molecule has 0 atom stereocenters. The first kappa shape index (κ1) is 18.8. The summed E-state index contributed by atoms with van der Waals surface area (Å²) in [6, 6.07) is 11.8. The Labute approximate surface area is 168 Å². The van der Waals surface area contributed by atoms with Crippen LogP contribution in [0.5, 0.6) is 0 Å². The average molecular weight is 397 g/mol. The first-order valence-electron chi connectivity index (χ1n) is 9.70. The minimum atomic E-state index is -0.0221. The number of hydrogen-bond donors (Lipinski definition) is 0. The molecule has 0 radical (unpaired) electrons. The SMILES string of the molecule is CCN(Cc1nc(-c2cccs2)no1)C(=O)c1ccc(CN2CCCC2)cc1. The van der Waals surface area contributed by atoms with Crippen LogP contribution in [0.25, 0.3) is 10.7 Å². The average Bonchev–Trinajstić information content (AvgIpc) is 3.48. The van der Waals surface area contributed by atoms with Crippen molar-refractivity contribution in [3.05, 3.63) is 58.8 Å². The van der Waals surface area contributed by atoms with Crippen molar-refractivity contribution in [3.63, 3.8) is 0 Å². The maximum Gasteiger partial charge on any atom is 0.254 e. The standard InChI is InChI=1S/C21H24N4O2S/c1-2-25(15-19-22-20(23-27-19)18-6-5-13-28-18)21(26)17-9-7-16(8-10-17)14-24-11-3-4-12-24/h5-10,13H,2-4,11-12,14-15H2,1H3. The van der Waals surface area contributed by atoms with E-state index in [2.05, 4.69) is 27.2 Å². The molecule has 146 valence electrons. The molecule has 0 spiro atoms. The van der Waals surface area contributed by atoms with Gasteiger partial charge in [0.2, 0.25) is 11.7 Å². The normalized spacial score (nSPS) is 14.5. The Balaban J connectivity index is 1.40. The van der Waals surface area contributed by atoms with E-state index in [-0.39, 0.29) is 5.91 Å². The molecule has 0 unspecified atom stereocenters. The predicted molar refractivity (Wildman–Crippen MR) is 109 cm³/mol. The number of aromatic nitrogens is 2. The molecule has 28 heavy (non-hydrogen) atoms. The summed E-state index contributed by atoms with van der Waals surface area (Å²) in [6.45, 7) is 6.13. The molecule has 1 amide bonds. The van der Waals surface area contributed by atoms with Crippen molar-refractivity contribution in [2.75, 3.05) is 19.6 Å². The molecule has 1 aliphatic heterocycles. The highest BCUT2D eigenvalue weighted by molar-refractivity contribution is 7.13. The number of nitrogens with zero attached hydrogens (tertiary/aromatic N) is 4. The Morgan fingerprint density at radius 2 is 2.00 bits per heavy atom. The largest absolute Gasteiger partial charge is 0.337 e. The van der Waals surface area contributed by atoms with Crippen molar-refractivity contribution in [3.8, 4) is 10.7 Å². The van der Waals surface area contributed by atoms with Crippen LogP contribution in [-0.4, -0.2) is 45.5 Å². The topological polar surface area (TPSA) is 62.5 Å². The van der Waals surface area contributed by atoms with Crippen molar-refractivity contribution < 1.29 is 9.32 Å². The van der Waals surface area contributed by atoms with Crippen LogP contribution < -0.4 is 0 Å². The highest BCUT2D eigenvalue weighted by Crippen LogP contribution is 2.22. The van der Waals surface area contributed by atoms with Crippen molar-refractivity contribution in [1.82, 2.24) is 19.9 Å². The molecule has 4 rings (SSSR count). The van der Waals surface area contributed by atoms with Gasteiger partial charge < -0.3 is 9.42 Å². The lowest BCUT2D eigenvalue weighted by atomic mass is 10.1. The summed E-state index contributed by atoms with van der Waals surface area (Å²) in [6.07, 6.45) is 2.57. The van der Waals surface area contributed by atoms with Crippen LogP contribution in [0.4, 0.5) is 0 Å². The molecule has 0 saturated carbocycles. The first-order chi connectivity index (χ1) is 13.7. The third kappa shape index (κ3) is 4.31. The molecule has 0 N–H and O–H groups in total. The van der Waals surface area contributed by atoms with E-state index in [1.54, 1.807) is 16.2 Å². The Morgan fingerprint density at radius 3 is 2.68 bits per heavy atom. The Kier molecular flexibility index (Phi) is 5.83. The smallest absolute Gasteiger partial charge is 0.254 e.